The highest BCUT2D eigenvalue weighted by Gasteiger charge is 2.25. The van der Waals surface area contributed by atoms with Crippen LogP contribution >= 0.6 is 0 Å². The summed E-state index contributed by atoms with van der Waals surface area (Å²) in [4.78, 5) is 7.73. The number of hydrogen-bond acceptors (Lipinski definition) is 2. The molecule has 3 heteroatoms. The second-order valence-corrected chi connectivity index (χ2v) is 17.8. The molecule has 0 spiro atoms. The Bertz CT molecular complexity index is 2310. The Morgan fingerprint density at radius 3 is 1.64 bits per heavy atom. The van der Waals surface area contributed by atoms with Crippen molar-refractivity contribution >= 4 is 73.7 Å². The van der Waals surface area contributed by atoms with Gasteiger partial charge in [0.05, 0.1) is 5.69 Å². The van der Waals surface area contributed by atoms with Crippen molar-refractivity contribution in [2.24, 2.45) is 0 Å². The summed E-state index contributed by atoms with van der Waals surface area (Å²) in [6.45, 7) is 7.08. The monoisotopic (exact) mass is 594 g/mol. The van der Waals surface area contributed by atoms with Gasteiger partial charge in [-0.3, -0.25) is 4.90 Å². The molecule has 7 aromatic carbocycles. The van der Waals surface area contributed by atoms with Crippen LogP contribution in [0.15, 0.2) is 152 Å². The summed E-state index contributed by atoms with van der Waals surface area (Å²) in [6.07, 6.45) is 0. The molecule has 8 aromatic rings. The summed E-state index contributed by atoms with van der Waals surface area (Å²) in [7, 11) is -1.66. The molecular formula is C42H34N2Si. The first-order valence-electron chi connectivity index (χ1n) is 15.7. The second kappa shape index (κ2) is 10.7. The molecule has 0 saturated heterocycles. The van der Waals surface area contributed by atoms with Gasteiger partial charge >= 0.3 is 0 Å². The summed E-state index contributed by atoms with van der Waals surface area (Å²) < 4.78 is 0. The minimum Gasteiger partial charge on any atom is -0.294 e. The van der Waals surface area contributed by atoms with Crippen LogP contribution in [0.25, 0.3) is 54.2 Å². The van der Waals surface area contributed by atoms with E-state index in [2.05, 4.69) is 176 Å². The normalized spacial score (nSPS) is 11.9. The number of pyridine rings is 1. The molecule has 8 rings (SSSR count). The van der Waals surface area contributed by atoms with E-state index in [4.69, 9.17) is 4.98 Å². The molecule has 0 saturated carbocycles. The van der Waals surface area contributed by atoms with Crippen molar-refractivity contribution in [3.05, 3.63) is 152 Å². The van der Waals surface area contributed by atoms with Crippen molar-refractivity contribution in [2.75, 3.05) is 4.90 Å². The van der Waals surface area contributed by atoms with Gasteiger partial charge in [0, 0.05) is 21.8 Å². The van der Waals surface area contributed by atoms with Gasteiger partial charge in [0.25, 0.3) is 0 Å². The van der Waals surface area contributed by atoms with Gasteiger partial charge in [0.1, 0.15) is 13.9 Å². The molecule has 1 aromatic heterocycles. The molecule has 0 aliphatic rings. The average Bonchev–Trinajstić information content (AvgIpc) is 3.08. The zero-order chi connectivity index (χ0) is 30.5. The van der Waals surface area contributed by atoms with E-state index in [1.165, 1.54) is 59.5 Å². The van der Waals surface area contributed by atoms with Gasteiger partial charge in [-0.2, -0.15) is 0 Å². The maximum Gasteiger partial charge on any atom is 0.137 e. The number of fused-ring (bicyclic) bond motifs is 5. The van der Waals surface area contributed by atoms with Crippen LogP contribution in [0.2, 0.25) is 19.6 Å². The van der Waals surface area contributed by atoms with E-state index >= 15 is 0 Å². The lowest BCUT2D eigenvalue weighted by atomic mass is 9.86. The first-order chi connectivity index (χ1) is 22.0. The number of nitrogens with zero attached hydrogens (tertiary/aromatic N) is 2. The molecule has 2 nitrogen and oxygen atoms in total. The quantitative estimate of drug-likeness (QED) is 0.112. The molecular weight excluding hydrogens is 561 g/mol. The predicted octanol–water partition coefficient (Wildman–Crippen LogP) is 11.4. The predicted molar refractivity (Wildman–Crippen MR) is 197 cm³/mol. The third-order valence-electron chi connectivity index (χ3n) is 8.91. The smallest absolute Gasteiger partial charge is 0.137 e. The summed E-state index contributed by atoms with van der Waals surface area (Å²) in [5.74, 6) is 0.945. The molecule has 0 atom stereocenters. The van der Waals surface area contributed by atoms with Crippen LogP contribution in [-0.4, -0.2) is 13.1 Å². The molecule has 1 heterocycles. The van der Waals surface area contributed by atoms with Gasteiger partial charge in [-0.25, -0.2) is 4.98 Å². The van der Waals surface area contributed by atoms with Gasteiger partial charge in [-0.05, 0) is 73.8 Å². The fourth-order valence-electron chi connectivity index (χ4n) is 6.82. The highest BCUT2D eigenvalue weighted by molar-refractivity contribution is 6.88. The van der Waals surface area contributed by atoms with Crippen LogP contribution in [0.3, 0.4) is 0 Å². The van der Waals surface area contributed by atoms with E-state index in [0.717, 1.165) is 17.2 Å². The summed E-state index contributed by atoms with van der Waals surface area (Å²) in [6, 6.07) is 55.0. The van der Waals surface area contributed by atoms with E-state index in [1.54, 1.807) is 0 Å². The number of hydrogen-bond donors (Lipinski definition) is 0. The second-order valence-electron chi connectivity index (χ2n) is 12.8. The minimum atomic E-state index is -1.66. The number of anilines is 3. The first-order valence-corrected chi connectivity index (χ1v) is 19.2. The van der Waals surface area contributed by atoms with Crippen LogP contribution in [0.4, 0.5) is 17.2 Å². The van der Waals surface area contributed by atoms with E-state index < -0.39 is 8.07 Å². The molecule has 45 heavy (non-hydrogen) atoms. The van der Waals surface area contributed by atoms with Crippen LogP contribution in [-0.2, 0) is 0 Å². The van der Waals surface area contributed by atoms with Crippen molar-refractivity contribution in [3.8, 4) is 11.1 Å². The van der Waals surface area contributed by atoms with Crippen LogP contribution in [0.5, 0.6) is 0 Å². The Morgan fingerprint density at radius 2 is 1.00 bits per heavy atom. The fourth-order valence-corrected chi connectivity index (χ4v) is 7.86. The number of aromatic nitrogens is 1. The zero-order valence-corrected chi connectivity index (χ0v) is 26.8. The van der Waals surface area contributed by atoms with Crippen molar-refractivity contribution in [1.29, 1.82) is 0 Å². The lowest BCUT2D eigenvalue weighted by Crippen LogP contribution is -2.40. The molecule has 0 aliphatic carbocycles. The average molecular weight is 595 g/mol. The maximum atomic E-state index is 5.35. The van der Waals surface area contributed by atoms with Crippen molar-refractivity contribution in [3.63, 3.8) is 0 Å². The molecule has 0 aliphatic heterocycles. The SMILES string of the molecule is C[Si](C)(C)c1cccc(N(c2ccccc2)c2c3ccccc3c(-c3cc4ccccc4c4ccccc34)c3ccccc23)n1. The van der Waals surface area contributed by atoms with Crippen molar-refractivity contribution < 1.29 is 0 Å². The van der Waals surface area contributed by atoms with E-state index in [0.29, 0.717) is 0 Å². The van der Waals surface area contributed by atoms with Crippen molar-refractivity contribution in [1.82, 2.24) is 4.98 Å². The summed E-state index contributed by atoms with van der Waals surface area (Å²) in [5, 5.41) is 11.1. The van der Waals surface area contributed by atoms with Crippen LogP contribution < -0.4 is 10.2 Å². The lowest BCUT2D eigenvalue weighted by molar-refractivity contribution is 1.21. The van der Waals surface area contributed by atoms with E-state index in [1.807, 2.05) is 0 Å². The molecule has 0 amide bonds. The topological polar surface area (TPSA) is 16.1 Å². The van der Waals surface area contributed by atoms with Crippen LogP contribution in [0.1, 0.15) is 0 Å². The van der Waals surface area contributed by atoms with Crippen molar-refractivity contribution in [2.45, 2.75) is 19.6 Å². The molecule has 0 N–H and O–H groups in total. The molecule has 0 bridgehead atoms. The largest absolute Gasteiger partial charge is 0.294 e. The lowest BCUT2D eigenvalue weighted by Gasteiger charge is -2.29. The Kier molecular flexibility index (Phi) is 6.51. The van der Waals surface area contributed by atoms with Gasteiger partial charge in [-0.1, -0.05) is 141 Å². The third-order valence-corrected chi connectivity index (χ3v) is 10.7. The van der Waals surface area contributed by atoms with Gasteiger partial charge < -0.3 is 0 Å². The molecule has 0 radical (unpaired) electrons. The number of rotatable bonds is 5. The number of para-hydroxylation sites is 1. The Balaban J connectivity index is 1.52. The zero-order valence-electron chi connectivity index (χ0n) is 25.8. The fraction of sp³-hybridized carbons (Fsp3) is 0.0714. The van der Waals surface area contributed by atoms with Crippen LogP contribution in [0, 0.1) is 0 Å². The first kappa shape index (κ1) is 27.3. The van der Waals surface area contributed by atoms with E-state index in [9.17, 15) is 0 Å². The summed E-state index contributed by atoms with van der Waals surface area (Å²) >= 11 is 0. The third kappa shape index (κ3) is 4.59. The molecule has 0 unspecified atom stereocenters. The molecule has 0 fully saturated rings. The molecule has 216 valence electrons. The van der Waals surface area contributed by atoms with Gasteiger partial charge in [-0.15, -0.1) is 0 Å². The number of benzene rings is 7. The highest BCUT2D eigenvalue weighted by atomic mass is 28.3. The summed E-state index contributed by atoms with van der Waals surface area (Å²) in [5.41, 5.74) is 4.77. The minimum absolute atomic E-state index is 0.945. The standard InChI is InChI=1S/C42H34N2Si/c1-45(2,3)40-27-15-26-39(43-40)44(30-17-5-4-6-18-30)42-36-24-13-11-22-34(36)41(35-23-12-14-25-37(35)42)38-28-29-16-7-8-19-31(29)32-20-9-10-21-33(32)38/h4-28H,1-3H3. The Labute approximate surface area is 265 Å². The maximum absolute atomic E-state index is 5.35. The Hall–Kier alpha value is -5.25. The Morgan fingerprint density at radius 1 is 0.467 bits per heavy atom. The van der Waals surface area contributed by atoms with Gasteiger partial charge in [0.15, 0.2) is 0 Å². The van der Waals surface area contributed by atoms with E-state index in [-0.39, 0.29) is 0 Å². The highest BCUT2D eigenvalue weighted by Crippen LogP contribution is 2.49. The van der Waals surface area contributed by atoms with Gasteiger partial charge in [0.2, 0.25) is 0 Å².